The van der Waals surface area contributed by atoms with Gasteiger partial charge < -0.3 is 0 Å². The molecule has 0 nitrogen and oxygen atoms in total. The lowest BCUT2D eigenvalue weighted by Crippen LogP contribution is -2.21. The quantitative estimate of drug-likeness (QED) is 0.512. The van der Waals surface area contributed by atoms with Crippen molar-refractivity contribution >= 4 is 0 Å². The summed E-state index contributed by atoms with van der Waals surface area (Å²) in [4.78, 5) is 0. The van der Waals surface area contributed by atoms with Crippen LogP contribution in [0.3, 0.4) is 0 Å². The van der Waals surface area contributed by atoms with E-state index in [1.807, 2.05) is 0 Å². The third-order valence-electron chi connectivity index (χ3n) is 3.87. The van der Waals surface area contributed by atoms with Crippen LogP contribution in [-0.2, 0) is 0 Å². The normalized spacial score (nSPS) is 27.6. The highest BCUT2D eigenvalue weighted by Gasteiger charge is 2.36. The minimum Gasteiger partial charge on any atom is -0.0848 e. The minimum absolute atomic E-state index is 0.701. The molecule has 0 heteroatoms. The lowest BCUT2D eigenvalue weighted by molar-refractivity contribution is 0.304. The zero-order valence-corrected chi connectivity index (χ0v) is 8.23. The van der Waals surface area contributed by atoms with E-state index in [1.165, 1.54) is 51.4 Å². The molecule has 68 valence electrons. The molecule has 0 heterocycles. The summed E-state index contributed by atoms with van der Waals surface area (Å²) in [6.07, 6.45) is 14.1. The van der Waals surface area contributed by atoms with Crippen molar-refractivity contribution in [2.24, 2.45) is 5.41 Å². The molecule has 1 saturated carbocycles. The fraction of sp³-hybridized carbons (Fsp3) is 0.833. The lowest BCUT2D eigenvalue weighted by Gasteiger charge is -2.35. The van der Waals surface area contributed by atoms with Gasteiger partial charge in [0, 0.05) is 0 Å². The average Bonchev–Trinajstić information content (AvgIpc) is 2.55. The van der Waals surface area contributed by atoms with Gasteiger partial charge in [0.2, 0.25) is 0 Å². The van der Waals surface area contributed by atoms with Crippen LogP contribution in [0.5, 0.6) is 0 Å². The smallest absolute Gasteiger partial charge is 0.00881 e. The summed E-state index contributed by atoms with van der Waals surface area (Å²) in [7, 11) is 0. The Hall–Kier alpha value is -0.260. The minimum atomic E-state index is 0.701. The Kier molecular flexibility index (Phi) is 2.25. The maximum atomic E-state index is 2.54. The van der Waals surface area contributed by atoms with Crippen LogP contribution in [0.2, 0.25) is 0 Å². The van der Waals surface area contributed by atoms with Crippen molar-refractivity contribution in [1.29, 1.82) is 0 Å². The van der Waals surface area contributed by atoms with Crippen molar-refractivity contribution in [3.63, 3.8) is 0 Å². The third-order valence-corrected chi connectivity index (χ3v) is 3.87. The lowest BCUT2D eigenvalue weighted by atomic mass is 9.70. The molecule has 2 aliphatic carbocycles. The fourth-order valence-electron chi connectivity index (χ4n) is 3.24. The standard InChI is InChI=1S/C12H20/c1-2-11-7-3-4-8-12(11)9-5-6-10-12/h7H,2-6,8-10H2,1H3. The van der Waals surface area contributed by atoms with Gasteiger partial charge in [0.15, 0.2) is 0 Å². The molecule has 0 unspecified atom stereocenters. The molecule has 0 aromatic heterocycles. The summed E-state index contributed by atoms with van der Waals surface area (Å²) in [5.41, 5.74) is 2.50. The van der Waals surface area contributed by atoms with E-state index in [2.05, 4.69) is 13.0 Å². The molecule has 2 rings (SSSR count). The van der Waals surface area contributed by atoms with Crippen molar-refractivity contribution in [2.75, 3.05) is 0 Å². The molecule has 0 saturated heterocycles. The Labute approximate surface area is 76.1 Å². The third kappa shape index (κ3) is 1.22. The molecule has 0 atom stereocenters. The van der Waals surface area contributed by atoms with Crippen molar-refractivity contribution in [1.82, 2.24) is 0 Å². The van der Waals surface area contributed by atoms with Gasteiger partial charge in [-0.05, 0) is 43.9 Å². The Morgan fingerprint density at radius 2 is 1.83 bits per heavy atom. The SMILES string of the molecule is CCC1=CCCCC12CCCC2. The van der Waals surface area contributed by atoms with Gasteiger partial charge in [-0.3, -0.25) is 0 Å². The number of hydrogen-bond donors (Lipinski definition) is 0. The van der Waals surface area contributed by atoms with Crippen molar-refractivity contribution in [3.05, 3.63) is 11.6 Å². The van der Waals surface area contributed by atoms with Crippen LogP contribution >= 0.6 is 0 Å². The van der Waals surface area contributed by atoms with E-state index in [9.17, 15) is 0 Å². The second-order valence-electron chi connectivity index (χ2n) is 4.46. The Morgan fingerprint density at radius 1 is 1.17 bits per heavy atom. The molecule has 1 fully saturated rings. The zero-order valence-electron chi connectivity index (χ0n) is 8.23. The number of rotatable bonds is 1. The van der Waals surface area contributed by atoms with Gasteiger partial charge in [0.1, 0.15) is 0 Å². The van der Waals surface area contributed by atoms with Crippen LogP contribution in [0.1, 0.15) is 58.3 Å². The highest BCUT2D eigenvalue weighted by Crippen LogP contribution is 2.51. The van der Waals surface area contributed by atoms with Gasteiger partial charge in [-0.1, -0.05) is 31.4 Å². The van der Waals surface area contributed by atoms with Crippen LogP contribution < -0.4 is 0 Å². The Balaban J connectivity index is 2.20. The van der Waals surface area contributed by atoms with Gasteiger partial charge in [0.05, 0.1) is 0 Å². The monoisotopic (exact) mass is 164 g/mol. The van der Waals surface area contributed by atoms with Crippen molar-refractivity contribution < 1.29 is 0 Å². The molecule has 0 amide bonds. The molecular formula is C12H20. The predicted molar refractivity (Wildman–Crippen MR) is 53.1 cm³/mol. The van der Waals surface area contributed by atoms with Gasteiger partial charge >= 0.3 is 0 Å². The van der Waals surface area contributed by atoms with E-state index in [0.717, 1.165) is 0 Å². The maximum absolute atomic E-state index is 2.54. The molecule has 0 radical (unpaired) electrons. The van der Waals surface area contributed by atoms with Crippen molar-refractivity contribution in [2.45, 2.75) is 58.3 Å². The first-order valence-corrected chi connectivity index (χ1v) is 5.57. The zero-order chi connectivity index (χ0) is 8.44. The molecule has 0 N–H and O–H groups in total. The summed E-state index contributed by atoms with van der Waals surface area (Å²) < 4.78 is 0. The van der Waals surface area contributed by atoms with E-state index in [1.54, 1.807) is 5.57 Å². The summed E-state index contributed by atoms with van der Waals surface area (Å²) >= 11 is 0. The van der Waals surface area contributed by atoms with Crippen molar-refractivity contribution in [3.8, 4) is 0 Å². The van der Waals surface area contributed by atoms with Crippen LogP contribution in [-0.4, -0.2) is 0 Å². The van der Waals surface area contributed by atoms with Gasteiger partial charge in [0.25, 0.3) is 0 Å². The molecule has 0 aliphatic heterocycles. The van der Waals surface area contributed by atoms with E-state index in [-0.39, 0.29) is 0 Å². The van der Waals surface area contributed by atoms with E-state index >= 15 is 0 Å². The predicted octanol–water partition coefficient (Wildman–Crippen LogP) is 4.07. The molecule has 0 bridgehead atoms. The van der Waals surface area contributed by atoms with Crippen LogP contribution in [0.4, 0.5) is 0 Å². The summed E-state index contributed by atoms with van der Waals surface area (Å²) in [6, 6.07) is 0. The topological polar surface area (TPSA) is 0 Å². The fourth-order valence-corrected chi connectivity index (χ4v) is 3.24. The maximum Gasteiger partial charge on any atom is -0.00881 e. The highest BCUT2D eigenvalue weighted by molar-refractivity contribution is 5.18. The number of allylic oxidation sites excluding steroid dienone is 2. The number of hydrogen-bond acceptors (Lipinski definition) is 0. The second-order valence-corrected chi connectivity index (χ2v) is 4.46. The van der Waals surface area contributed by atoms with E-state index in [4.69, 9.17) is 0 Å². The van der Waals surface area contributed by atoms with Gasteiger partial charge in [-0.15, -0.1) is 0 Å². The second kappa shape index (κ2) is 3.24. The molecule has 2 aliphatic rings. The molecule has 0 aromatic rings. The first-order chi connectivity index (χ1) is 5.87. The van der Waals surface area contributed by atoms with Crippen LogP contribution in [0.25, 0.3) is 0 Å². The largest absolute Gasteiger partial charge is 0.0848 e. The van der Waals surface area contributed by atoms with Gasteiger partial charge in [-0.2, -0.15) is 0 Å². The molecular weight excluding hydrogens is 144 g/mol. The first-order valence-electron chi connectivity index (χ1n) is 5.57. The first kappa shape index (κ1) is 8.34. The molecule has 0 aromatic carbocycles. The highest BCUT2D eigenvalue weighted by atomic mass is 14.4. The van der Waals surface area contributed by atoms with Gasteiger partial charge in [-0.25, -0.2) is 0 Å². The molecule has 1 spiro atoms. The Morgan fingerprint density at radius 3 is 2.50 bits per heavy atom. The van der Waals surface area contributed by atoms with E-state index in [0.29, 0.717) is 5.41 Å². The van der Waals surface area contributed by atoms with Crippen LogP contribution in [0, 0.1) is 5.41 Å². The summed E-state index contributed by atoms with van der Waals surface area (Å²) in [5, 5.41) is 0. The Bertz CT molecular complexity index is 182. The summed E-state index contributed by atoms with van der Waals surface area (Å²) in [6.45, 7) is 2.33. The van der Waals surface area contributed by atoms with Crippen LogP contribution in [0.15, 0.2) is 11.6 Å². The summed E-state index contributed by atoms with van der Waals surface area (Å²) in [5.74, 6) is 0. The average molecular weight is 164 g/mol. The molecule has 12 heavy (non-hydrogen) atoms. The van der Waals surface area contributed by atoms with E-state index < -0.39 is 0 Å².